The van der Waals surface area contributed by atoms with Crippen molar-refractivity contribution in [1.29, 1.82) is 0 Å². The average Bonchev–Trinajstić information content (AvgIpc) is 2.63. The van der Waals surface area contributed by atoms with Crippen LogP contribution in [0.4, 0.5) is 0 Å². The van der Waals surface area contributed by atoms with Gasteiger partial charge in [0.2, 0.25) is 0 Å². The molecule has 0 spiro atoms. The van der Waals surface area contributed by atoms with Gasteiger partial charge in [0, 0.05) is 0 Å². The second-order valence-corrected chi connectivity index (χ2v) is 14.0. The van der Waals surface area contributed by atoms with E-state index in [9.17, 15) is 5.11 Å². The van der Waals surface area contributed by atoms with Crippen LogP contribution in [0.1, 0.15) is 82.1 Å². The molecule has 4 fully saturated rings. The first-order chi connectivity index (χ1) is 13.6. The normalized spacial score (nSPS) is 33.1. The first-order valence-electron chi connectivity index (χ1n) is 11.7. The second-order valence-electron chi connectivity index (χ2n) is 11.6. The predicted octanol–water partition coefficient (Wildman–Crippen LogP) is 6.04. The summed E-state index contributed by atoms with van der Waals surface area (Å²) < 4.78 is 6.31. The minimum Gasteiger partial charge on any atom is -0.411 e. The highest BCUT2D eigenvalue weighted by molar-refractivity contribution is 6.48. The molecule has 0 saturated heterocycles. The molecule has 1 N–H and O–H groups in total. The third-order valence-electron chi connectivity index (χ3n) is 7.76. The van der Waals surface area contributed by atoms with Crippen LogP contribution < -0.4 is 0 Å². The Balaban J connectivity index is 1.81. The summed E-state index contributed by atoms with van der Waals surface area (Å²) in [5.74, 6) is 2.77. The summed E-state index contributed by atoms with van der Waals surface area (Å²) in [6.07, 6.45) is 9.15. The molecule has 0 radical (unpaired) electrons. The Labute approximate surface area is 179 Å². The molecule has 0 aliphatic heterocycles. The Kier molecular flexibility index (Phi) is 5.63. The fourth-order valence-corrected chi connectivity index (χ4v) is 7.95. The van der Waals surface area contributed by atoms with Crippen LogP contribution in [-0.2, 0) is 15.3 Å². The molecule has 5 rings (SSSR count). The van der Waals surface area contributed by atoms with E-state index in [4.69, 9.17) is 4.43 Å². The molecule has 4 bridgehead atoms. The van der Waals surface area contributed by atoms with E-state index in [1.54, 1.807) is 11.6 Å². The van der Waals surface area contributed by atoms with Gasteiger partial charge in [0.25, 0.3) is 0 Å². The number of benzene rings is 1. The maximum absolute atomic E-state index is 10.7. The molecule has 0 heterocycles. The number of rotatable bonds is 6. The predicted molar refractivity (Wildman–Crippen MR) is 124 cm³/mol. The van der Waals surface area contributed by atoms with Crippen molar-refractivity contribution in [3.8, 4) is 0 Å². The Bertz CT molecular complexity index is 725. The highest BCUT2D eigenvalue weighted by Gasteiger charge is 2.52. The number of hydrogen-bond donors (Lipinski definition) is 1. The smallest absolute Gasteiger partial charge is 0.171 e. The molecule has 29 heavy (non-hydrogen) atoms. The van der Waals surface area contributed by atoms with Gasteiger partial charge in [0.1, 0.15) is 6.10 Å². The molecule has 2 nitrogen and oxygen atoms in total. The number of aliphatic hydroxyl groups excluding tert-OH is 1. The SMILES string of the molecule is C=CC(O)C(O[SiH](C)C)c1ccc(C(C)(C)C)c(C23CC4CC(CC(C4)C2)C3)c1. The van der Waals surface area contributed by atoms with Crippen LogP contribution in [0.3, 0.4) is 0 Å². The highest BCUT2D eigenvalue weighted by Crippen LogP contribution is 2.61. The largest absolute Gasteiger partial charge is 0.411 e. The lowest BCUT2D eigenvalue weighted by atomic mass is 9.47. The van der Waals surface area contributed by atoms with Crippen LogP contribution in [0.25, 0.3) is 0 Å². The van der Waals surface area contributed by atoms with Gasteiger partial charge in [0.05, 0.1) is 6.10 Å². The summed E-state index contributed by atoms with van der Waals surface area (Å²) in [6.45, 7) is 15.2. The fraction of sp³-hybridized carbons (Fsp3) is 0.692. The summed E-state index contributed by atoms with van der Waals surface area (Å²) in [7, 11) is -1.30. The molecule has 4 saturated carbocycles. The van der Waals surface area contributed by atoms with Crippen LogP contribution in [0.15, 0.2) is 30.9 Å². The Hall–Kier alpha value is -0.903. The summed E-state index contributed by atoms with van der Waals surface area (Å²) in [6, 6.07) is 6.98. The number of hydrogen-bond acceptors (Lipinski definition) is 2. The lowest BCUT2D eigenvalue weighted by molar-refractivity contribution is -0.00614. The molecule has 4 aliphatic carbocycles. The summed E-state index contributed by atoms with van der Waals surface area (Å²) in [5.41, 5.74) is 4.66. The molecule has 0 amide bonds. The molecule has 160 valence electrons. The van der Waals surface area contributed by atoms with E-state index in [1.807, 2.05) is 0 Å². The summed E-state index contributed by atoms with van der Waals surface area (Å²) in [4.78, 5) is 0. The Morgan fingerprint density at radius 1 is 1.10 bits per heavy atom. The van der Waals surface area contributed by atoms with Gasteiger partial charge in [-0.25, -0.2) is 0 Å². The maximum atomic E-state index is 10.7. The molecule has 1 aromatic carbocycles. The first kappa shape index (κ1) is 21.3. The molecule has 2 atom stereocenters. The lowest BCUT2D eigenvalue weighted by Crippen LogP contribution is -2.49. The second kappa shape index (κ2) is 7.66. The zero-order valence-corrected chi connectivity index (χ0v) is 20.2. The van der Waals surface area contributed by atoms with Gasteiger partial charge in [-0.05, 0) is 96.9 Å². The van der Waals surface area contributed by atoms with Crippen molar-refractivity contribution in [2.45, 2.75) is 95.4 Å². The molecule has 4 aliphatic rings. The van der Waals surface area contributed by atoms with Gasteiger partial charge in [-0.3, -0.25) is 0 Å². The minimum atomic E-state index is -1.30. The van der Waals surface area contributed by atoms with Gasteiger partial charge in [-0.15, -0.1) is 6.58 Å². The van der Waals surface area contributed by atoms with E-state index in [0.717, 1.165) is 23.3 Å². The molecule has 2 unspecified atom stereocenters. The summed E-state index contributed by atoms with van der Waals surface area (Å²) in [5, 5.41) is 10.7. The van der Waals surface area contributed by atoms with Crippen molar-refractivity contribution in [3.63, 3.8) is 0 Å². The van der Waals surface area contributed by atoms with Gasteiger partial charge in [-0.2, -0.15) is 0 Å². The zero-order chi connectivity index (χ0) is 21.0. The van der Waals surface area contributed by atoms with Crippen molar-refractivity contribution in [3.05, 3.63) is 47.5 Å². The Morgan fingerprint density at radius 3 is 2.10 bits per heavy atom. The minimum absolute atomic E-state index is 0.122. The van der Waals surface area contributed by atoms with E-state index in [0.29, 0.717) is 5.41 Å². The van der Waals surface area contributed by atoms with Crippen LogP contribution in [0.2, 0.25) is 13.1 Å². The fourth-order valence-electron chi connectivity index (χ4n) is 7.05. The third kappa shape index (κ3) is 4.03. The average molecular weight is 413 g/mol. The summed E-state index contributed by atoms with van der Waals surface area (Å²) >= 11 is 0. The topological polar surface area (TPSA) is 29.5 Å². The van der Waals surface area contributed by atoms with E-state index in [-0.39, 0.29) is 11.5 Å². The standard InChI is InChI=1S/C26H40O2Si/c1-7-23(27)24(28-29(5)6)20-8-9-21(25(2,3)4)22(13-20)26-14-17-10-18(15-26)12-19(11-17)16-26/h7-9,13,17-19,23-24,27,29H,1,10-12,14-16H2,2-6H3. The van der Waals surface area contributed by atoms with Gasteiger partial charge < -0.3 is 9.53 Å². The van der Waals surface area contributed by atoms with Gasteiger partial charge >= 0.3 is 0 Å². The van der Waals surface area contributed by atoms with Crippen LogP contribution in [-0.4, -0.2) is 20.3 Å². The van der Waals surface area contributed by atoms with E-state index in [2.05, 4.69) is 58.6 Å². The Morgan fingerprint density at radius 2 is 1.66 bits per heavy atom. The van der Waals surface area contributed by atoms with Crippen molar-refractivity contribution >= 4 is 9.04 Å². The zero-order valence-electron chi connectivity index (χ0n) is 19.1. The first-order valence-corrected chi connectivity index (χ1v) is 14.5. The maximum Gasteiger partial charge on any atom is 0.171 e. The molecule has 1 aromatic rings. The third-order valence-corrected chi connectivity index (χ3v) is 8.60. The quantitative estimate of drug-likeness (QED) is 0.456. The van der Waals surface area contributed by atoms with Crippen molar-refractivity contribution in [1.82, 2.24) is 0 Å². The highest BCUT2D eigenvalue weighted by atomic mass is 28.3. The van der Waals surface area contributed by atoms with Gasteiger partial charge in [-0.1, -0.05) is 45.0 Å². The molecular weight excluding hydrogens is 372 g/mol. The number of aliphatic hydroxyl groups is 1. The molecule has 0 aromatic heterocycles. The van der Waals surface area contributed by atoms with Crippen LogP contribution in [0.5, 0.6) is 0 Å². The molecular formula is C26H40O2Si. The van der Waals surface area contributed by atoms with E-state index < -0.39 is 15.1 Å². The van der Waals surface area contributed by atoms with Crippen molar-refractivity contribution in [2.24, 2.45) is 17.8 Å². The molecule has 3 heteroatoms. The van der Waals surface area contributed by atoms with Crippen LogP contribution >= 0.6 is 0 Å². The van der Waals surface area contributed by atoms with E-state index in [1.165, 1.54) is 44.1 Å². The van der Waals surface area contributed by atoms with E-state index >= 15 is 0 Å². The van der Waals surface area contributed by atoms with Crippen LogP contribution in [0, 0.1) is 17.8 Å². The van der Waals surface area contributed by atoms with Crippen molar-refractivity contribution < 1.29 is 9.53 Å². The lowest BCUT2D eigenvalue weighted by Gasteiger charge is -2.58. The monoisotopic (exact) mass is 412 g/mol. The van der Waals surface area contributed by atoms with Gasteiger partial charge in [0.15, 0.2) is 9.04 Å². The van der Waals surface area contributed by atoms with Crippen molar-refractivity contribution in [2.75, 3.05) is 0 Å².